The summed E-state index contributed by atoms with van der Waals surface area (Å²) in [4.78, 5) is 32.3. The zero-order valence-corrected chi connectivity index (χ0v) is 16.5. The van der Waals surface area contributed by atoms with Gasteiger partial charge >= 0.3 is 0 Å². The molecule has 5 nitrogen and oxygen atoms in total. The number of amides is 1. The molecule has 0 radical (unpaired) electrons. The maximum absolute atomic E-state index is 13.0. The first-order valence-corrected chi connectivity index (χ1v) is 10.0. The minimum absolute atomic E-state index is 0.0461. The largest absolute Gasteiger partial charge is 0.355 e. The van der Waals surface area contributed by atoms with Gasteiger partial charge in [0.15, 0.2) is 0 Å². The van der Waals surface area contributed by atoms with Gasteiger partial charge in [0.2, 0.25) is 5.91 Å². The van der Waals surface area contributed by atoms with E-state index in [0.717, 1.165) is 22.0 Å². The summed E-state index contributed by atoms with van der Waals surface area (Å²) in [5.41, 5.74) is 3.39. The zero-order valence-electron chi connectivity index (χ0n) is 16.5. The van der Waals surface area contributed by atoms with Crippen molar-refractivity contribution in [2.75, 3.05) is 6.54 Å². The number of fused-ring (bicyclic) bond motifs is 1. The van der Waals surface area contributed by atoms with Crippen LogP contribution in [0.25, 0.3) is 10.9 Å². The summed E-state index contributed by atoms with van der Waals surface area (Å²) in [5.74, 6) is -0.348. The van der Waals surface area contributed by atoms with E-state index in [4.69, 9.17) is 0 Å². The second kappa shape index (κ2) is 9.18. The maximum Gasteiger partial charge on any atom is 0.251 e. The highest BCUT2D eigenvalue weighted by molar-refractivity contribution is 5.84. The fraction of sp³-hybridized carbons (Fsp3) is 0.160. The number of nitrogens with zero attached hydrogens (tertiary/aromatic N) is 1. The van der Waals surface area contributed by atoms with Crippen LogP contribution in [0, 0.1) is 0 Å². The van der Waals surface area contributed by atoms with Gasteiger partial charge in [-0.1, -0.05) is 48.5 Å². The van der Waals surface area contributed by atoms with E-state index < -0.39 is 0 Å². The molecule has 0 bridgehead atoms. The number of benzene rings is 2. The van der Waals surface area contributed by atoms with E-state index in [2.05, 4.69) is 15.3 Å². The molecule has 0 saturated heterocycles. The molecule has 5 heteroatoms. The average Bonchev–Trinajstić information content (AvgIpc) is 2.79. The molecule has 4 rings (SSSR count). The number of aromatic amines is 1. The predicted molar refractivity (Wildman–Crippen MR) is 118 cm³/mol. The van der Waals surface area contributed by atoms with Crippen LogP contribution in [0.3, 0.4) is 0 Å². The molecule has 0 aliphatic carbocycles. The van der Waals surface area contributed by atoms with Crippen LogP contribution >= 0.6 is 0 Å². The summed E-state index contributed by atoms with van der Waals surface area (Å²) in [7, 11) is 0. The molecule has 2 heterocycles. The number of carbonyl (C=O) groups is 1. The Kier molecular flexibility index (Phi) is 5.99. The predicted octanol–water partition coefficient (Wildman–Crippen LogP) is 3.61. The first kappa shape index (κ1) is 19.6. The fourth-order valence-corrected chi connectivity index (χ4v) is 3.62. The van der Waals surface area contributed by atoms with E-state index in [9.17, 15) is 9.59 Å². The molecule has 0 fully saturated rings. The van der Waals surface area contributed by atoms with Gasteiger partial charge in [0, 0.05) is 30.0 Å². The van der Waals surface area contributed by atoms with Gasteiger partial charge in [-0.3, -0.25) is 14.6 Å². The Balaban J connectivity index is 1.46. The Morgan fingerprint density at radius 2 is 1.70 bits per heavy atom. The molecule has 0 saturated carbocycles. The summed E-state index contributed by atoms with van der Waals surface area (Å²) in [5, 5.41) is 4.00. The number of nitrogens with one attached hydrogen (secondary N) is 2. The summed E-state index contributed by atoms with van der Waals surface area (Å²) in [6.45, 7) is 0.403. The molecule has 2 N–H and O–H groups in total. The maximum atomic E-state index is 13.0. The van der Waals surface area contributed by atoms with E-state index in [0.29, 0.717) is 24.9 Å². The van der Waals surface area contributed by atoms with E-state index >= 15 is 0 Å². The summed E-state index contributed by atoms with van der Waals surface area (Å²) in [6.07, 6.45) is 4.54. The normalized spacial score (nSPS) is 11.9. The van der Waals surface area contributed by atoms with Gasteiger partial charge in [0.1, 0.15) is 0 Å². The molecule has 1 amide bonds. The van der Waals surface area contributed by atoms with E-state index in [1.807, 2.05) is 72.8 Å². The van der Waals surface area contributed by atoms with Gasteiger partial charge in [-0.2, -0.15) is 0 Å². The molecule has 1 unspecified atom stereocenters. The van der Waals surface area contributed by atoms with E-state index in [1.54, 1.807) is 12.4 Å². The minimum Gasteiger partial charge on any atom is -0.355 e. The Labute approximate surface area is 174 Å². The van der Waals surface area contributed by atoms with Crippen LogP contribution in [0.1, 0.15) is 22.6 Å². The van der Waals surface area contributed by atoms with Crippen LogP contribution in [-0.2, 0) is 17.6 Å². The molecule has 2 aromatic carbocycles. The minimum atomic E-state index is -0.302. The van der Waals surface area contributed by atoms with Crippen LogP contribution in [0.15, 0.2) is 90.0 Å². The number of pyridine rings is 2. The smallest absolute Gasteiger partial charge is 0.251 e. The fourth-order valence-electron chi connectivity index (χ4n) is 3.62. The summed E-state index contributed by atoms with van der Waals surface area (Å²) in [6, 6.07) is 23.2. The number of carbonyl (C=O) groups excluding carboxylic acids is 1. The Bertz CT molecular complexity index is 1190. The lowest BCUT2D eigenvalue weighted by Crippen LogP contribution is -2.33. The second-order valence-electron chi connectivity index (χ2n) is 7.27. The van der Waals surface area contributed by atoms with Gasteiger partial charge in [0.05, 0.1) is 5.92 Å². The molecular formula is C25H23N3O2. The molecule has 30 heavy (non-hydrogen) atoms. The Morgan fingerprint density at radius 3 is 2.50 bits per heavy atom. The van der Waals surface area contributed by atoms with E-state index in [-0.39, 0.29) is 17.4 Å². The lowest BCUT2D eigenvalue weighted by Gasteiger charge is -2.17. The highest BCUT2D eigenvalue weighted by Gasteiger charge is 2.20. The third kappa shape index (κ3) is 4.63. The topological polar surface area (TPSA) is 74.8 Å². The van der Waals surface area contributed by atoms with Crippen LogP contribution in [0.4, 0.5) is 0 Å². The number of rotatable bonds is 7. The van der Waals surface area contributed by atoms with Crippen molar-refractivity contribution < 1.29 is 4.79 Å². The Hall–Kier alpha value is -3.73. The van der Waals surface area contributed by atoms with Crippen molar-refractivity contribution >= 4 is 16.8 Å². The zero-order chi connectivity index (χ0) is 20.8. The molecule has 0 spiro atoms. The van der Waals surface area contributed by atoms with Gasteiger partial charge in [-0.15, -0.1) is 0 Å². The van der Waals surface area contributed by atoms with Gasteiger partial charge in [-0.25, -0.2) is 0 Å². The third-order valence-corrected chi connectivity index (χ3v) is 5.23. The van der Waals surface area contributed by atoms with Crippen molar-refractivity contribution in [3.63, 3.8) is 0 Å². The highest BCUT2D eigenvalue weighted by atomic mass is 16.2. The van der Waals surface area contributed by atoms with Gasteiger partial charge in [0.25, 0.3) is 5.56 Å². The number of aromatic nitrogens is 2. The molecule has 2 aromatic heterocycles. The number of hydrogen-bond acceptors (Lipinski definition) is 3. The summed E-state index contributed by atoms with van der Waals surface area (Å²) < 4.78 is 0. The highest BCUT2D eigenvalue weighted by Crippen LogP contribution is 2.21. The molecule has 150 valence electrons. The number of H-pyrrole nitrogens is 1. The molecule has 1 atom stereocenters. The first-order chi connectivity index (χ1) is 14.7. The second-order valence-corrected chi connectivity index (χ2v) is 7.27. The summed E-state index contributed by atoms with van der Waals surface area (Å²) >= 11 is 0. The van der Waals surface area contributed by atoms with Crippen molar-refractivity contribution in [1.29, 1.82) is 0 Å². The van der Waals surface area contributed by atoms with Crippen molar-refractivity contribution in [3.05, 3.63) is 112 Å². The van der Waals surface area contributed by atoms with Crippen molar-refractivity contribution in [2.24, 2.45) is 0 Å². The van der Waals surface area contributed by atoms with Gasteiger partial charge < -0.3 is 10.3 Å². The average molecular weight is 397 g/mol. The van der Waals surface area contributed by atoms with Crippen LogP contribution in [-0.4, -0.2) is 22.4 Å². The lowest BCUT2D eigenvalue weighted by atomic mass is 9.91. The lowest BCUT2D eigenvalue weighted by molar-refractivity contribution is -0.122. The van der Waals surface area contributed by atoms with Crippen LogP contribution in [0.5, 0.6) is 0 Å². The Morgan fingerprint density at radius 1 is 0.967 bits per heavy atom. The molecule has 4 aromatic rings. The van der Waals surface area contributed by atoms with Gasteiger partial charge in [-0.05, 0) is 53.6 Å². The quantitative estimate of drug-likeness (QED) is 0.500. The molecular weight excluding hydrogens is 374 g/mol. The number of hydrogen-bond donors (Lipinski definition) is 2. The van der Waals surface area contributed by atoms with Crippen molar-refractivity contribution in [3.8, 4) is 0 Å². The van der Waals surface area contributed by atoms with Crippen molar-refractivity contribution in [2.45, 2.75) is 18.8 Å². The monoisotopic (exact) mass is 397 g/mol. The van der Waals surface area contributed by atoms with Crippen LogP contribution in [0.2, 0.25) is 0 Å². The van der Waals surface area contributed by atoms with Crippen LogP contribution < -0.4 is 10.9 Å². The van der Waals surface area contributed by atoms with Crippen molar-refractivity contribution in [1.82, 2.24) is 15.3 Å². The van der Waals surface area contributed by atoms with E-state index in [1.165, 1.54) is 0 Å². The SMILES string of the molecule is O=C(NCCc1cc2ccccc2[nH]c1=O)C(Cc1ccncc1)c1ccccc1. The molecule has 0 aliphatic heterocycles. The number of para-hydroxylation sites is 1. The first-order valence-electron chi connectivity index (χ1n) is 10.0. The molecule has 0 aliphatic rings. The third-order valence-electron chi connectivity index (χ3n) is 5.23. The standard InChI is InChI=1S/C25H23N3O2/c29-24-21(17-20-8-4-5-9-23(20)28-24)12-15-27-25(30)22(19-6-2-1-3-7-19)16-18-10-13-26-14-11-18/h1-11,13-14,17,22H,12,15-16H2,(H,27,30)(H,28,29).